The van der Waals surface area contributed by atoms with Crippen LogP contribution in [0.2, 0.25) is 5.02 Å². The molecule has 1 fully saturated rings. The number of amides is 2. The maximum absolute atomic E-state index is 13.9. The van der Waals surface area contributed by atoms with Crippen molar-refractivity contribution in [1.29, 1.82) is 5.26 Å². The summed E-state index contributed by atoms with van der Waals surface area (Å²) in [4.78, 5) is 33.3. The number of nitriles is 1. The molecule has 6 rings (SSSR count). The molecule has 0 saturated carbocycles. The number of hydrogen-bond donors (Lipinski definition) is 2. The van der Waals surface area contributed by atoms with Crippen LogP contribution in [0.25, 0.3) is 10.9 Å². The Kier molecular flexibility index (Phi) is 12.4. The first-order valence-corrected chi connectivity index (χ1v) is 20.0. The van der Waals surface area contributed by atoms with Gasteiger partial charge in [-0.3, -0.25) is 14.6 Å². The molecule has 14 heteroatoms. The van der Waals surface area contributed by atoms with E-state index in [4.69, 9.17) is 21.1 Å². The number of aryl methyl sites for hydroxylation is 1. The molecule has 56 heavy (non-hydrogen) atoms. The molecule has 1 aromatic heterocycles. The lowest BCUT2D eigenvalue weighted by atomic mass is 9.74. The van der Waals surface area contributed by atoms with Gasteiger partial charge >= 0.3 is 0 Å². The maximum Gasteiger partial charge on any atom is 0.253 e. The van der Waals surface area contributed by atoms with Gasteiger partial charge in [-0.15, -0.1) is 0 Å². The van der Waals surface area contributed by atoms with Crippen LogP contribution in [0.4, 0.5) is 11.4 Å². The van der Waals surface area contributed by atoms with Crippen LogP contribution in [-0.4, -0.2) is 81.4 Å². The van der Waals surface area contributed by atoms with E-state index in [-0.39, 0.29) is 42.6 Å². The van der Waals surface area contributed by atoms with Crippen molar-refractivity contribution >= 4 is 55.7 Å². The number of carbonyl (C=O) groups is 2. The van der Waals surface area contributed by atoms with Crippen LogP contribution in [0, 0.1) is 18.3 Å². The van der Waals surface area contributed by atoms with Crippen molar-refractivity contribution in [1.82, 2.24) is 14.2 Å². The van der Waals surface area contributed by atoms with Crippen molar-refractivity contribution in [2.24, 2.45) is 0 Å². The highest BCUT2D eigenvalue weighted by Gasteiger charge is 2.38. The van der Waals surface area contributed by atoms with Crippen LogP contribution in [0.1, 0.15) is 40.9 Å². The summed E-state index contributed by atoms with van der Waals surface area (Å²) in [7, 11) is -1.09. The summed E-state index contributed by atoms with van der Waals surface area (Å²) in [6.07, 6.45) is 0.865. The van der Waals surface area contributed by atoms with Gasteiger partial charge in [-0.2, -0.15) is 9.57 Å². The smallest absolute Gasteiger partial charge is 0.253 e. The molecule has 4 aromatic carbocycles. The number of likely N-dealkylation sites (tertiary alicyclic amines) is 1. The number of piperidine rings is 1. The van der Waals surface area contributed by atoms with E-state index in [0.29, 0.717) is 48.0 Å². The number of nitrogens with zero attached hydrogens (tertiary/aromatic N) is 4. The van der Waals surface area contributed by atoms with Crippen LogP contribution in [0.15, 0.2) is 102 Å². The monoisotopic (exact) mass is 794 g/mol. The van der Waals surface area contributed by atoms with Gasteiger partial charge < -0.3 is 25.0 Å². The average molecular weight is 795 g/mol. The van der Waals surface area contributed by atoms with E-state index in [1.807, 2.05) is 49.4 Å². The summed E-state index contributed by atoms with van der Waals surface area (Å²) in [5.41, 5.74) is 3.32. The third-order valence-electron chi connectivity index (χ3n) is 10.0. The van der Waals surface area contributed by atoms with Crippen LogP contribution in [0.3, 0.4) is 0 Å². The number of aromatic nitrogens is 1. The molecule has 2 N–H and O–H groups in total. The van der Waals surface area contributed by atoms with Crippen molar-refractivity contribution in [3.63, 3.8) is 0 Å². The number of sulfonamides is 1. The number of benzene rings is 4. The minimum atomic E-state index is -4.03. The third-order valence-corrected chi connectivity index (χ3v) is 12.2. The molecule has 2 heterocycles. The SMILES string of the molecule is COc1ccc(S(=O)(=O)N(CCNc2cc(C)nc3ccc(Cl)cc23)CCC(=O)Nc2ccc(C(=O)N3CCC(C#N)(c4ccccc4)CC3)cc2OC)cc1. The Balaban J connectivity index is 1.12. The van der Waals surface area contributed by atoms with E-state index in [1.54, 1.807) is 47.4 Å². The number of ether oxygens (including phenoxy) is 2. The maximum atomic E-state index is 13.9. The fraction of sp³-hybridized carbons (Fsp3) is 0.286. The number of fused-ring (bicyclic) bond motifs is 1. The van der Waals surface area contributed by atoms with Crippen LogP contribution >= 0.6 is 11.6 Å². The van der Waals surface area contributed by atoms with Gasteiger partial charge in [-0.05, 0) is 92.1 Å². The number of pyridine rings is 1. The normalized spacial score (nSPS) is 13.9. The van der Waals surface area contributed by atoms with Crippen molar-refractivity contribution in [2.45, 2.75) is 36.5 Å². The first kappa shape index (κ1) is 40.0. The molecule has 290 valence electrons. The molecule has 0 atom stereocenters. The second-order valence-electron chi connectivity index (χ2n) is 13.5. The Labute approximate surface area is 332 Å². The molecule has 0 radical (unpaired) electrons. The van der Waals surface area contributed by atoms with Gasteiger partial charge in [0.2, 0.25) is 15.9 Å². The van der Waals surface area contributed by atoms with E-state index in [1.165, 1.54) is 30.7 Å². The summed E-state index contributed by atoms with van der Waals surface area (Å²) in [6, 6.07) is 30.3. The Bertz CT molecular complexity index is 2360. The lowest BCUT2D eigenvalue weighted by Gasteiger charge is -2.37. The van der Waals surface area contributed by atoms with Crippen molar-refractivity contribution in [2.75, 3.05) is 57.6 Å². The molecular weight excluding hydrogens is 752 g/mol. The summed E-state index contributed by atoms with van der Waals surface area (Å²) in [5, 5.41) is 17.6. The second-order valence-corrected chi connectivity index (χ2v) is 15.9. The Hall–Kier alpha value is -5.68. The quantitative estimate of drug-likeness (QED) is 0.121. The minimum absolute atomic E-state index is 0.0442. The number of halogens is 1. The van der Waals surface area contributed by atoms with Gasteiger partial charge in [0.15, 0.2) is 0 Å². The number of anilines is 2. The largest absolute Gasteiger partial charge is 0.497 e. The zero-order valence-corrected chi connectivity index (χ0v) is 33.0. The minimum Gasteiger partial charge on any atom is -0.497 e. The van der Waals surface area contributed by atoms with E-state index in [9.17, 15) is 23.3 Å². The Morgan fingerprint density at radius 2 is 1.66 bits per heavy atom. The van der Waals surface area contributed by atoms with E-state index in [0.717, 1.165) is 27.8 Å². The van der Waals surface area contributed by atoms with Crippen molar-refractivity contribution in [3.8, 4) is 17.6 Å². The van der Waals surface area contributed by atoms with Gasteiger partial charge in [-0.1, -0.05) is 41.9 Å². The molecule has 1 aliphatic rings. The van der Waals surface area contributed by atoms with E-state index in [2.05, 4.69) is 21.7 Å². The first-order chi connectivity index (χ1) is 27.0. The standard InChI is InChI=1S/C42H43ClN6O6S/c1-29-25-38(35-27-32(43)10-16-36(35)46-29)45-20-24-49(56(52,53)34-13-11-33(54-2)12-14-34)21-17-40(50)47-37-15-9-30(26-39(37)55-3)41(51)48-22-18-42(28-44,19-23-48)31-7-5-4-6-8-31/h4-16,25-27H,17-24H2,1-3H3,(H,45,46)(H,47,50). The topological polar surface area (TPSA) is 154 Å². The summed E-state index contributed by atoms with van der Waals surface area (Å²) < 4.78 is 39.9. The van der Waals surface area contributed by atoms with Crippen LogP contribution < -0.4 is 20.1 Å². The number of methoxy groups -OCH3 is 2. The van der Waals surface area contributed by atoms with Gasteiger partial charge in [0.1, 0.15) is 11.5 Å². The molecule has 0 unspecified atom stereocenters. The van der Waals surface area contributed by atoms with Gasteiger partial charge in [-0.25, -0.2) is 8.42 Å². The zero-order chi connectivity index (χ0) is 39.9. The summed E-state index contributed by atoms with van der Waals surface area (Å²) >= 11 is 6.27. The molecule has 0 bridgehead atoms. The molecule has 2 amide bonds. The number of nitrogens with one attached hydrogen (secondary N) is 2. The van der Waals surface area contributed by atoms with Gasteiger partial charge in [0.05, 0.1) is 41.8 Å². The lowest BCUT2D eigenvalue weighted by Crippen LogP contribution is -2.44. The number of hydrogen-bond acceptors (Lipinski definition) is 9. The van der Waals surface area contributed by atoms with Crippen LogP contribution in [0.5, 0.6) is 11.5 Å². The molecule has 1 aliphatic heterocycles. The van der Waals surface area contributed by atoms with Crippen molar-refractivity contribution < 1.29 is 27.5 Å². The molecule has 5 aromatic rings. The molecule has 0 aliphatic carbocycles. The van der Waals surface area contributed by atoms with Gasteiger partial charge in [0.25, 0.3) is 5.91 Å². The highest BCUT2D eigenvalue weighted by atomic mass is 35.5. The molecule has 1 saturated heterocycles. The fourth-order valence-corrected chi connectivity index (χ4v) is 8.52. The number of carbonyl (C=O) groups excluding carboxylic acids is 2. The van der Waals surface area contributed by atoms with E-state index >= 15 is 0 Å². The summed E-state index contributed by atoms with van der Waals surface area (Å²) in [6.45, 7) is 2.86. The highest BCUT2D eigenvalue weighted by molar-refractivity contribution is 7.89. The summed E-state index contributed by atoms with van der Waals surface area (Å²) in [5.74, 6) is 0.146. The van der Waals surface area contributed by atoms with Crippen molar-refractivity contribution in [3.05, 3.63) is 119 Å². The Morgan fingerprint density at radius 1 is 0.929 bits per heavy atom. The zero-order valence-electron chi connectivity index (χ0n) is 31.4. The lowest BCUT2D eigenvalue weighted by molar-refractivity contribution is -0.116. The average Bonchev–Trinajstić information content (AvgIpc) is 3.22. The Morgan fingerprint density at radius 3 is 2.34 bits per heavy atom. The highest BCUT2D eigenvalue weighted by Crippen LogP contribution is 2.36. The second kappa shape index (κ2) is 17.4. The first-order valence-electron chi connectivity index (χ1n) is 18.2. The fourth-order valence-electron chi connectivity index (χ4n) is 6.90. The molecule has 12 nitrogen and oxygen atoms in total. The third kappa shape index (κ3) is 8.89. The predicted octanol–water partition coefficient (Wildman–Crippen LogP) is 7.04. The predicted molar refractivity (Wildman–Crippen MR) is 217 cm³/mol. The molecule has 0 spiro atoms. The number of rotatable bonds is 14. The van der Waals surface area contributed by atoms with Gasteiger partial charge in [0, 0.05) is 66.5 Å². The van der Waals surface area contributed by atoms with Crippen LogP contribution in [-0.2, 0) is 20.2 Å². The molecular formula is C42H43ClN6O6S. The van der Waals surface area contributed by atoms with E-state index < -0.39 is 21.3 Å².